The van der Waals surface area contributed by atoms with Gasteiger partial charge in [0.2, 0.25) is 5.91 Å². The number of nitrogens with one attached hydrogen (secondary N) is 2. The van der Waals surface area contributed by atoms with Crippen molar-refractivity contribution in [1.82, 2.24) is 9.03 Å². The Bertz CT molecular complexity index is 888. The standard InChI is InChI=1S/C15H15ClFN3O4S/c1-20-13(15(21)18-9-4-5-11(17)10(16)7-9)8-12(19-25(20,22)23)14-3-2-6-24-14/h2-7,12-13,19H,8H2,1H3,(H,18,21). The Morgan fingerprint density at radius 1 is 1.44 bits per heavy atom. The van der Waals surface area contributed by atoms with E-state index in [1.165, 1.54) is 25.4 Å². The molecule has 1 aromatic carbocycles. The monoisotopic (exact) mass is 387 g/mol. The molecule has 3 rings (SSSR count). The number of nitrogens with zero attached hydrogens (tertiary/aromatic N) is 1. The molecule has 0 saturated carbocycles. The number of rotatable bonds is 3. The van der Waals surface area contributed by atoms with Crippen LogP contribution < -0.4 is 10.0 Å². The number of hydrogen-bond acceptors (Lipinski definition) is 4. The van der Waals surface area contributed by atoms with Crippen LogP contribution in [0.5, 0.6) is 0 Å². The Morgan fingerprint density at radius 2 is 2.20 bits per heavy atom. The first-order valence-corrected chi connectivity index (χ1v) is 9.14. The lowest BCUT2D eigenvalue weighted by Gasteiger charge is -2.35. The molecule has 134 valence electrons. The van der Waals surface area contributed by atoms with Gasteiger partial charge in [-0.05, 0) is 36.8 Å². The van der Waals surface area contributed by atoms with Crippen LogP contribution in [-0.2, 0) is 15.0 Å². The highest BCUT2D eigenvalue weighted by atomic mass is 35.5. The molecule has 1 amide bonds. The topological polar surface area (TPSA) is 91.7 Å². The smallest absolute Gasteiger partial charge is 0.280 e. The summed E-state index contributed by atoms with van der Waals surface area (Å²) in [5.74, 6) is -0.745. The van der Waals surface area contributed by atoms with Gasteiger partial charge in [0.15, 0.2) is 0 Å². The molecule has 0 spiro atoms. The van der Waals surface area contributed by atoms with E-state index in [0.717, 1.165) is 10.4 Å². The summed E-state index contributed by atoms with van der Waals surface area (Å²) in [5.41, 5.74) is 0.273. The number of anilines is 1. The van der Waals surface area contributed by atoms with Gasteiger partial charge >= 0.3 is 0 Å². The predicted octanol–water partition coefficient (Wildman–Crippen LogP) is 2.29. The van der Waals surface area contributed by atoms with Gasteiger partial charge in [0.05, 0.1) is 17.3 Å². The Hall–Kier alpha value is -1.94. The van der Waals surface area contributed by atoms with Crippen LogP contribution in [0.3, 0.4) is 0 Å². The largest absolute Gasteiger partial charge is 0.468 e. The van der Waals surface area contributed by atoms with Gasteiger partial charge in [-0.1, -0.05) is 11.6 Å². The van der Waals surface area contributed by atoms with Crippen LogP contribution in [0.1, 0.15) is 18.2 Å². The molecule has 2 heterocycles. The van der Waals surface area contributed by atoms with E-state index in [9.17, 15) is 17.6 Å². The third-order valence-corrected chi connectivity index (χ3v) is 5.83. The van der Waals surface area contributed by atoms with E-state index in [-0.39, 0.29) is 17.1 Å². The summed E-state index contributed by atoms with van der Waals surface area (Å²) in [6.07, 6.45) is 1.60. The first-order chi connectivity index (χ1) is 11.8. The molecule has 1 saturated heterocycles. The molecule has 0 radical (unpaired) electrons. The van der Waals surface area contributed by atoms with Gasteiger partial charge < -0.3 is 9.73 Å². The lowest BCUT2D eigenvalue weighted by Crippen LogP contribution is -2.55. The summed E-state index contributed by atoms with van der Waals surface area (Å²) in [7, 11) is -2.55. The molecule has 1 aliphatic heterocycles. The van der Waals surface area contributed by atoms with Crippen molar-refractivity contribution in [3.05, 3.63) is 53.2 Å². The average molecular weight is 388 g/mol. The molecule has 1 aliphatic rings. The van der Waals surface area contributed by atoms with E-state index in [0.29, 0.717) is 5.76 Å². The average Bonchev–Trinajstić information content (AvgIpc) is 3.07. The van der Waals surface area contributed by atoms with Gasteiger partial charge in [0.25, 0.3) is 10.2 Å². The first-order valence-electron chi connectivity index (χ1n) is 7.32. The van der Waals surface area contributed by atoms with Gasteiger partial charge in [-0.15, -0.1) is 0 Å². The third kappa shape index (κ3) is 3.69. The Balaban J connectivity index is 1.83. The van der Waals surface area contributed by atoms with Crippen LogP contribution >= 0.6 is 11.6 Å². The Kier molecular flexibility index (Phi) is 4.83. The van der Waals surface area contributed by atoms with Gasteiger partial charge in [-0.3, -0.25) is 4.79 Å². The van der Waals surface area contributed by atoms with E-state index in [1.54, 1.807) is 12.1 Å². The number of hydrogen-bond donors (Lipinski definition) is 2. The van der Waals surface area contributed by atoms with Gasteiger partial charge in [-0.2, -0.15) is 17.4 Å². The number of carbonyl (C=O) groups excluding carboxylic acids is 1. The second kappa shape index (κ2) is 6.75. The van der Waals surface area contributed by atoms with Crippen molar-refractivity contribution >= 4 is 33.4 Å². The maximum absolute atomic E-state index is 13.2. The normalized spacial score (nSPS) is 23.3. The van der Waals surface area contributed by atoms with Gasteiger partial charge in [0, 0.05) is 12.7 Å². The van der Waals surface area contributed by atoms with Crippen LogP contribution in [0.15, 0.2) is 41.0 Å². The number of likely N-dealkylation sites (N-methyl/N-ethyl adjacent to an activating group) is 1. The van der Waals surface area contributed by atoms with E-state index in [2.05, 4.69) is 10.0 Å². The molecular weight excluding hydrogens is 373 g/mol. The fourth-order valence-electron chi connectivity index (χ4n) is 2.59. The van der Waals surface area contributed by atoms with Gasteiger partial charge in [-0.25, -0.2) is 4.39 Å². The lowest BCUT2D eigenvalue weighted by atomic mass is 10.0. The van der Waals surface area contributed by atoms with Crippen molar-refractivity contribution in [2.75, 3.05) is 12.4 Å². The summed E-state index contributed by atoms with van der Waals surface area (Å²) < 4.78 is 46.4. The van der Waals surface area contributed by atoms with Crippen LogP contribution in [0.4, 0.5) is 10.1 Å². The van der Waals surface area contributed by atoms with Crippen LogP contribution in [0.2, 0.25) is 5.02 Å². The van der Waals surface area contributed by atoms with Crippen molar-refractivity contribution in [2.24, 2.45) is 0 Å². The second-order valence-electron chi connectivity index (χ2n) is 5.58. The summed E-state index contributed by atoms with van der Waals surface area (Å²) in [4.78, 5) is 12.6. The number of carbonyl (C=O) groups is 1. The highest BCUT2D eigenvalue weighted by Crippen LogP contribution is 2.29. The molecule has 1 aromatic heterocycles. The summed E-state index contributed by atoms with van der Waals surface area (Å²) in [5, 5.41) is 2.42. The Labute approximate surface area is 148 Å². The van der Waals surface area contributed by atoms with Crippen LogP contribution in [-0.4, -0.2) is 31.7 Å². The minimum absolute atomic E-state index is 0.141. The maximum Gasteiger partial charge on any atom is 0.280 e. The molecule has 0 bridgehead atoms. The minimum atomic E-state index is -3.86. The SMILES string of the molecule is CN1C(C(=O)Nc2ccc(F)c(Cl)c2)CC(c2ccco2)NS1(=O)=O. The lowest BCUT2D eigenvalue weighted by molar-refractivity contribution is -0.120. The molecule has 7 nitrogen and oxygen atoms in total. The van der Waals surface area contributed by atoms with E-state index in [4.69, 9.17) is 16.0 Å². The molecular formula is C15H15ClFN3O4S. The van der Waals surface area contributed by atoms with E-state index < -0.39 is 34.0 Å². The molecule has 2 unspecified atom stereocenters. The van der Waals surface area contributed by atoms with Crippen molar-refractivity contribution in [1.29, 1.82) is 0 Å². The quantitative estimate of drug-likeness (QED) is 0.845. The fourth-order valence-corrected chi connectivity index (χ4v) is 4.02. The van der Waals surface area contributed by atoms with Gasteiger partial charge in [0.1, 0.15) is 17.6 Å². The van der Waals surface area contributed by atoms with E-state index >= 15 is 0 Å². The van der Waals surface area contributed by atoms with Crippen molar-refractivity contribution in [3.8, 4) is 0 Å². The Morgan fingerprint density at radius 3 is 2.84 bits per heavy atom. The van der Waals surface area contributed by atoms with Crippen LogP contribution in [0, 0.1) is 5.82 Å². The summed E-state index contributed by atoms with van der Waals surface area (Å²) in [6, 6.07) is 5.36. The minimum Gasteiger partial charge on any atom is -0.468 e. The van der Waals surface area contributed by atoms with Crippen molar-refractivity contribution in [2.45, 2.75) is 18.5 Å². The zero-order chi connectivity index (χ0) is 18.2. The highest BCUT2D eigenvalue weighted by molar-refractivity contribution is 7.87. The zero-order valence-electron chi connectivity index (χ0n) is 13.1. The van der Waals surface area contributed by atoms with Crippen molar-refractivity contribution < 1.29 is 22.0 Å². The number of benzene rings is 1. The zero-order valence-corrected chi connectivity index (χ0v) is 14.6. The first kappa shape index (κ1) is 17.9. The number of halogens is 2. The molecule has 2 aromatic rings. The maximum atomic E-state index is 13.2. The fraction of sp³-hybridized carbons (Fsp3) is 0.267. The molecule has 2 atom stereocenters. The predicted molar refractivity (Wildman–Crippen MR) is 89.7 cm³/mol. The number of amides is 1. The number of furan rings is 1. The summed E-state index contributed by atoms with van der Waals surface area (Å²) in [6.45, 7) is 0. The highest BCUT2D eigenvalue weighted by Gasteiger charge is 2.41. The summed E-state index contributed by atoms with van der Waals surface area (Å²) >= 11 is 5.69. The third-order valence-electron chi connectivity index (χ3n) is 3.94. The van der Waals surface area contributed by atoms with Crippen molar-refractivity contribution in [3.63, 3.8) is 0 Å². The van der Waals surface area contributed by atoms with E-state index in [1.807, 2.05) is 0 Å². The molecule has 10 heteroatoms. The molecule has 0 aliphatic carbocycles. The molecule has 25 heavy (non-hydrogen) atoms. The molecule has 2 N–H and O–H groups in total. The van der Waals surface area contributed by atoms with Crippen LogP contribution in [0.25, 0.3) is 0 Å². The molecule has 1 fully saturated rings. The second-order valence-corrected chi connectivity index (χ2v) is 7.75.